The Hall–Kier alpha value is -2.34. The van der Waals surface area contributed by atoms with E-state index < -0.39 is 0 Å². The summed E-state index contributed by atoms with van der Waals surface area (Å²) >= 11 is 0. The highest BCUT2D eigenvalue weighted by atomic mass is 16.1. The fraction of sp³-hybridized carbons (Fsp3) is 0.231. The van der Waals surface area contributed by atoms with Gasteiger partial charge in [-0.25, -0.2) is 0 Å². The number of carbonyl (C=O) groups excluding carboxylic acids is 1. The number of amides is 1. The predicted molar refractivity (Wildman–Crippen MR) is 74.9 cm³/mol. The van der Waals surface area contributed by atoms with Crippen LogP contribution in [-0.2, 0) is 7.05 Å². The van der Waals surface area contributed by atoms with Gasteiger partial charge in [-0.05, 0) is 26.0 Å². The van der Waals surface area contributed by atoms with Gasteiger partial charge in [0.1, 0.15) is 0 Å². The summed E-state index contributed by atoms with van der Waals surface area (Å²) in [6.07, 6.45) is 0. The second-order valence-electron chi connectivity index (χ2n) is 4.44. The quantitative estimate of drug-likeness (QED) is 0.577. The molecule has 0 aliphatic carbocycles. The third kappa shape index (κ3) is 2.74. The van der Waals surface area contributed by atoms with Crippen molar-refractivity contribution in [2.24, 2.45) is 12.9 Å². The van der Waals surface area contributed by atoms with E-state index in [0.717, 1.165) is 11.3 Å². The molecule has 1 aromatic carbocycles. The van der Waals surface area contributed by atoms with Gasteiger partial charge < -0.3 is 10.7 Å². The maximum Gasteiger partial charge on any atom is 0.259 e. The lowest BCUT2D eigenvalue weighted by Gasteiger charge is -2.09. The minimum absolute atomic E-state index is 0.241. The van der Waals surface area contributed by atoms with Crippen molar-refractivity contribution in [1.29, 1.82) is 0 Å². The molecule has 0 saturated heterocycles. The zero-order valence-corrected chi connectivity index (χ0v) is 11.2. The second-order valence-corrected chi connectivity index (χ2v) is 4.44. The van der Waals surface area contributed by atoms with Crippen LogP contribution in [0.1, 0.15) is 21.6 Å². The summed E-state index contributed by atoms with van der Waals surface area (Å²) in [6.45, 7) is 3.84. The van der Waals surface area contributed by atoms with Gasteiger partial charge in [-0.3, -0.25) is 15.3 Å². The molecule has 2 aromatic rings. The normalized spacial score (nSPS) is 10.3. The topological polar surface area (TPSA) is 85.0 Å². The number of rotatable bonds is 3. The Labute approximate surface area is 111 Å². The lowest BCUT2D eigenvalue weighted by atomic mass is 10.1. The van der Waals surface area contributed by atoms with E-state index in [4.69, 9.17) is 5.84 Å². The van der Waals surface area contributed by atoms with Gasteiger partial charge in [-0.15, -0.1) is 0 Å². The second kappa shape index (κ2) is 5.11. The van der Waals surface area contributed by atoms with Gasteiger partial charge in [-0.2, -0.15) is 5.10 Å². The number of carbonyl (C=O) groups is 1. The number of anilines is 2. The molecule has 0 bridgehead atoms. The minimum Gasteiger partial charge on any atom is -0.323 e. The van der Waals surface area contributed by atoms with Crippen molar-refractivity contribution in [3.63, 3.8) is 0 Å². The lowest BCUT2D eigenvalue weighted by Crippen LogP contribution is -2.17. The largest absolute Gasteiger partial charge is 0.323 e. The van der Waals surface area contributed by atoms with Crippen LogP contribution in [0.25, 0.3) is 0 Å². The van der Waals surface area contributed by atoms with Crippen LogP contribution in [0.3, 0.4) is 0 Å². The van der Waals surface area contributed by atoms with Crippen molar-refractivity contribution < 1.29 is 4.79 Å². The number of hydrogen-bond acceptors (Lipinski definition) is 4. The fourth-order valence-electron chi connectivity index (χ4n) is 1.78. The van der Waals surface area contributed by atoms with Gasteiger partial charge in [0.15, 0.2) is 5.82 Å². The van der Waals surface area contributed by atoms with Crippen molar-refractivity contribution in [3.05, 3.63) is 41.1 Å². The molecule has 4 N–H and O–H groups in total. The average Bonchev–Trinajstić information content (AvgIpc) is 2.68. The Morgan fingerprint density at radius 2 is 2.05 bits per heavy atom. The molecule has 0 spiro atoms. The minimum atomic E-state index is -0.241. The number of nitrogen functional groups attached to an aromatic ring is 1. The summed E-state index contributed by atoms with van der Waals surface area (Å²) in [5.74, 6) is 5.69. The zero-order chi connectivity index (χ0) is 14.0. The van der Waals surface area contributed by atoms with Gasteiger partial charge in [0, 0.05) is 18.8 Å². The van der Waals surface area contributed by atoms with Crippen LogP contribution in [0.2, 0.25) is 0 Å². The van der Waals surface area contributed by atoms with E-state index in [1.54, 1.807) is 16.8 Å². The monoisotopic (exact) mass is 259 g/mol. The third-order valence-electron chi connectivity index (χ3n) is 2.93. The number of hydrogen-bond donors (Lipinski definition) is 3. The van der Waals surface area contributed by atoms with Gasteiger partial charge in [0.2, 0.25) is 0 Å². The molecule has 19 heavy (non-hydrogen) atoms. The molecule has 1 heterocycles. The van der Waals surface area contributed by atoms with Crippen LogP contribution in [-0.4, -0.2) is 15.7 Å². The van der Waals surface area contributed by atoms with Crippen LogP contribution < -0.4 is 16.6 Å². The number of nitrogens with two attached hydrogens (primary N) is 1. The molecular weight excluding hydrogens is 242 g/mol. The summed E-state index contributed by atoms with van der Waals surface area (Å²) in [5, 5.41) is 6.94. The molecule has 0 aliphatic heterocycles. The highest BCUT2D eigenvalue weighted by molar-refractivity contribution is 6.07. The first kappa shape index (κ1) is 13.1. The molecule has 100 valence electrons. The molecule has 2 rings (SSSR count). The van der Waals surface area contributed by atoms with Crippen LogP contribution in [0.4, 0.5) is 11.5 Å². The molecule has 0 unspecified atom stereocenters. The maximum atomic E-state index is 12.2. The molecule has 1 amide bonds. The Kier molecular flexibility index (Phi) is 3.52. The first-order chi connectivity index (χ1) is 9.01. The standard InChI is InChI=1S/C13H17N5O/c1-8-4-5-11(16-14)10(6-8)13(19)15-12-7-9(2)18(3)17-12/h4-7,16H,14H2,1-3H3,(H,15,17,19). The summed E-state index contributed by atoms with van der Waals surface area (Å²) in [4.78, 5) is 12.2. The number of benzene rings is 1. The predicted octanol–water partition coefficient (Wildman–Crippen LogP) is 1.57. The smallest absolute Gasteiger partial charge is 0.259 e. The van der Waals surface area contributed by atoms with E-state index in [0.29, 0.717) is 17.1 Å². The molecule has 0 saturated carbocycles. The zero-order valence-electron chi connectivity index (χ0n) is 11.2. The molecular formula is C13H17N5O. The SMILES string of the molecule is Cc1ccc(NN)c(C(=O)Nc2cc(C)n(C)n2)c1. The van der Waals surface area contributed by atoms with Crippen LogP contribution >= 0.6 is 0 Å². The molecule has 0 radical (unpaired) electrons. The summed E-state index contributed by atoms with van der Waals surface area (Å²) < 4.78 is 1.70. The van der Waals surface area contributed by atoms with Crippen LogP contribution in [0.15, 0.2) is 24.3 Å². The Balaban J connectivity index is 2.27. The molecule has 6 heteroatoms. The Bertz CT molecular complexity index is 598. The van der Waals surface area contributed by atoms with Crippen molar-refractivity contribution >= 4 is 17.4 Å². The Morgan fingerprint density at radius 3 is 2.63 bits per heavy atom. The molecule has 6 nitrogen and oxygen atoms in total. The van der Waals surface area contributed by atoms with E-state index in [9.17, 15) is 4.79 Å². The number of nitrogens with zero attached hydrogens (tertiary/aromatic N) is 2. The van der Waals surface area contributed by atoms with Gasteiger partial charge >= 0.3 is 0 Å². The molecule has 0 aliphatic rings. The average molecular weight is 259 g/mol. The van der Waals surface area contributed by atoms with Crippen molar-refractivity contribution in [2.45, 2.75) is 13.8 Å². The van der Waals surface area contributed by atoms with Gasteiger partial charge in [-0.1, -0.05) is 11.6 Å². The number of aryl methyl sites for hydroxylation is 3. The summed E-state index contributed by atoms with van der Waals surface area (Å²) in [6, 6.07) is 7.24. The first-order valence-corrected chi connectivity index (χ1v) is 5.90. The number of nitrogens with one attached hydrogen (secondary N) is 2. The molecule has 1 aromatic heterocycles. The fourth-order valence-corrected chi connectivity index (χ4v) is 1.78. The highest BCUT2D eigenvalue weighted by Gasteiger charge is 2.13. The van der Waals surface area contributed by atoms with Gasteiger partial charge in [0.05, 0.1) is 11.3 Å². The van der Waals surface area contributed by atoms with E-state index in [1.807, 2.05) is 33.0 Å². The summed E-state index contributed by atoms with van der Waals surface area (Å²) in [5.41, 5.74) is 5.55. The number of aromatic nitrogens is 2. The molecule has 0 fully saturated rings. The Morgan fingerprint density at radius 1 is 1.32 bits per heavy atom. The van der Waals surface area contributed by atoms with Crippen molar-refractivity contribution in [2.75, 3.05) is 10.7 Å². The lowest BCUT2D eigenvalue weighted by molar-refractivity contribution is 0.102. The first-order valence-electron chi connectivity index (χ1n) is 5.90. The van der Waals surface area contributed by atoms with Crippen LogP contribution in [0.5, 0.6) is 0 Å². The highest BCUT2D eigenvalue weighted by Crippen LogP contribution is 2.18. The number of hydrazine groups is 1. The summed E-state index contributed by atoms with van der Waals surface area (Å²) in [7, 11) is 1.82. The van der Waals surface area contributed by atoms with E-state index in [-0.39, 0.29) is 5.91 Å². The van der Waals surface area contributed by atoms with E-state index >= 15 is 0 Å². The van der Waals surface area contributed by atoms with Crippen molar-refractivity contribution in [1.82, 2.24) is 9.78 Å². The van der Waals surface area contributed by atoms with E-state index in [2.05, 4.69) is 15.8 Å². The molecule has 0 atom stereocenters. The third-order valence-corrected chi connectivity index (χ3v) is 2.93. The van der Waals surface area contributed by atoms with Gasteiger partial charge in [0.25, 0.3) is 5.91 Å². The maximum absolute atomic E-state index is 12.2. The van der Waals surface area contributed by atoms with E-state index in [1.165, 1.54) is 0 Å². The van der Waals surface area contributed by atoms with Crippen molar-refractivity contribution in [3.8, 4) is 0 Å². The van der Waals surface area contributed by atoms with Crippen LogP contribution in [0, 0.1) is 13.8 Å².